The molecule has 0 aliphatic rings. The third kappa shape index (κ3) is 2.88. The van der Waals surface area contributed by atoms with Gasteiger partial charge in [0.25, 0.3) is 5.91 Å². The van der Waals surface area contributed by atoms with Gasteiger partial charge in [-0.05, 0) is 42.6 Å². The molecule has 0 saturated carbocycles. The summed E-state index contributed by atoms with van der Waals surface area (Å²) >= 11 is 2.88. The fourth-order valence-corrected chi connectivity index (χ4v) is 3.99. The van der Waals surface area contributed by atoms with E-state index in [0.717, 1.165) is 4.96 Å². The lowest BCUT2D eigenvalue weighted by atomic mass is 10.1. The topological polar surface area (TPSA) is 63.5 Å². The average molecular weight is 367 g/mol. The van der Waals surface area contributed by atoms with Gasteiger partial charge in [-0.3, -0.25) is 14.0 Å². The van der Waals surface area contributed by atoms with E-state index in [1.54, 1.807) is 30.3 Å². The zero-order chi connectivity index (χ0) is 17.4. The first-order valence-electron chi connectivity index (χ1n) is 7.55. The van der Waals surface area contributed by atoms with Crippen LogP contribution in [0.4, 0.5) is 5.69 Å². The Bertz CT molecular complexity index is 1060. The van der Waals surface area contributed by atoms with E-state index in [9.17, 15) is 9.59 Å². The molecule has 3 heterocycles. The molecule has 1 N–H and O–H groups in total. The molecule has 0 unspecified atom stereocenters. The molecule has 5 nitrogen and oxygen atoms in total. The number of thiazole rings is 1. The molecular formula is C18H13N3O2S2. The zero-order valence-electron chi connectivity index (χ0n) is 13.2. The highest BCUT2D eigenvalue weighted by Crippen LogP contribution is 2.21. The summed E-state index contributed by atoms with van der Waals surface area (Å²) in [7, 11) is 0. The van der Waals surface area contributed by atoms with Gasteiger partial charge in [-0.25, -0.2) is 4.98 Å². The van der Waals surface area contributed by atoms with Crippen LogP contribution in [-0.4, -0.2) is 21.1 Å². The second-order valence-corrected chi connectivity index (χ2v) is 7.26. The van der Waals surface area contributed by atoms with Gasteiger partial charge >= 0.3 is 0 Å². The van der Waals surface area contributed by atoms with Crippen LogP contribution in [0.3, 0.4) is 0 Å². The molecular weight excluding hydrogens is 354 g/mol. The maximum Gasteiger partial charge on any atom is 0.265 e. The van der Waals surface area contributed by atoms with E-state index in [2.05, 4.69) is 10.3 Å². The number of amides is 1. The predicted molar refractivity (Wildman–Crippen MR) is 100.0 cm³/mol. The fraction of sp³-hybridized carbons (Fsp3) is 0.0556. The van der Waals surface area contributed by atoms with Gasteiger partial charge in [-0.2, -0.15) is 0 Å². The summed E-state index contributed by atoms with van der Waals surface area (Å²) in [6, 6.07) is 10.5. The van der Waals surface area contributed by atoms with E-state index in [4.69, 9.17) is 0 Å². The average Bonchev–Trinajstić information content (AvgIpc) is 3.32. The van der Waals surface area contributed by atoms with Crippen molar-refractivity contribution in [3.8, 4) is 0 Å². The summed E-state index contributed by atoms with van der Waals surface area (Å²) in [5, 5.41) is 6.59. The van der Waals surface area contributed by atoms with Crippen LogP contribution in [0.5, 0.6) is 0 Å². The number of ketones is 1. The maximum absolute atomic E-state index is 12.8. The van der Waals surface area contributed by atoms with Gasteiger partial charge in [0.2, 0.25) is 5.78 Å². The van der Waals surface area contributed by atoms with Gasteiger partial charge < -0.3 is 5.32 Å². The second kappa shape index (κ2) is 6.27. The van der Waals surface area contributed by atoms with Crippen molar-refractivity contribution in [3.05, 3.63) is 75.2 Å². The Hall–Kier alpha value is -2.77. The van der Waals surface area contributed by atoms with Crippen LogP contribution in [0.15, 0.2) is 53.4 Å². The zero-order valence-corrected chi connectivity index (χ0v) is 14.9. The van der Waals surface area contributed by atoms with Crippen LogP contribution < -0.4 is 5.32 Å². The summed E-state index contributed by atoms with van der Waals surface area (Å²) < 4.78 is 1.81. The highest BCUT2D eigenvalue weighted by Gasteiger charge is 2.19. The molecule has 25 heavy (non-hydrogen) atoms. The summed E-state index contributed by atoms with van der Waals surface area (Å²) in [5.74, 6) is -0.236. The van der Waals surface area contributed by atoms with Gasteiger partial charge in [0, 0.05) is 22.8 Å². The number of hydrogen-bond acceptors (Lipinski definition) is 5. The number of carbonyl (C=O) groups is 2. The first-order valence-corrected chi connectivity index (χ1v) is 9.31. The number of fused-ring (bicyclic) bond motifs is 1. The number of benzene rings is 1. The third-order valence-electron chi connectivity index (χ3n) is 3.80. The first kappa shape index (κ1) is 15.7. The fourth-order valence-electron chi connectivity index (χ4n) is 2.61. The molecule has 124 valence electrons. The number of aromatic nitrogens is 2. The van der Waals surface area contributed by atoms with Crippen molar-refractivity contribution < 1.29 is 9.59 Å². The van der Waals surface area contributed by atoms with E-state index in [1.807, 2.05) is 34.3 Å². The van der Waals surface area contributed by atoms with Crippen molar-refractivity contribution in [2.75, 3.05) is 5.32 Å². The minimum atomic E-state index is -0.152. The van der Waals surface area contributed by atoms with Gasteiger partial charge in [0.05, 0.1) is 10.6 Å². The van der Waals surface area contributed by atoms with Crippen molar-refractivity contribution in [2.45, 2.75) is 6.92 Å². The highest BCUT2D eigenvalue weighted by atomic mass is 32.1. The summed E-state index contributed by atoms with van der Waals surface area (Å²) in [5.41, 5.74) is 2.50. The number of nitrogens with one attached hydrogen (secondary N) is 1. The van der Waals surface area contributed by atoms with Crippen LogP contribution in [0.2, 0.25) is 0 Å². The SMILES string of the molecule is Cc1nc2sccn2c1C(=O)c1ccc(NC(=O)c2cccs2)cc1. The molecule has 0 spiro atoms. The third-order valence-corrected chi connectivity index (χ3v) is 5.43. The molecule has 0 fully saturated rings. The second-order valence-electron chi connectivity index (χ2n) is 5.44. The molecule has 4 aromatic rings. The lowest BCUT2D eigenvalue weighted by Crippen LogP contribution is -2.10. The normalized spacial score (nSPS) is 10.9. The Morgan fingerprint density at radius 1 is 1.08 bits per heavy atom. The molecule has 0 saturated heterocycles. The number of nitrogens with zero attached hydrogens (tertiary/aromatic N) is 2. The number of anilines is 1. The van der Waals surface area contributed by atoms with Gasteiger partial charge in [-0.1, -0.05) is 6.07 Å². The number of rotatable bonds is 4. The molecule has 1 aromatic carbocycles. The minimum Gasteiger partial charge on any atom is -0.321 e. The van der Waals surface area contributed by atoms with Crippen molar-refractivity contribution in [3.63, 3.8) is 0 Å². The van der Waals surface area contributed by atoms with Crippen molar-refractivity contribution in [1.29, 1.82) is 0 Å². The quantitative estimate of drug-likeness (QED) is 0.549. The highest BCUT2D eigenvalue weighted by molar-refractivity contribution is 7.15. The number of carbonyl (C=O) groups excluding carboxylic acids is 2. The first-order chi connectivity index (χ1) is 12.1. The van der Waals surface area contributed by atoms with E-state index < -0.39 is 0 Å². The summed E-state index contributed by atoms with van der Waals surface area (Å²) in [6.45, 7) is 1.84. The number of hydrogen-bond donors (Lipinski definition) is 1. The smallest absolute Gasteiger partial charge is 0.265 e. The molecule has 0 aliphatic heterocycles. The monoisotopic (exact) mass is 367 g/mol. The molecule has 0 radical (unpaired) electrons. The molecule has 0 bridgehead atoms. The summed E-state index contributed by atoms with van der Waals surface area (Å²) in [6.07, 6.45) is 1.85. The largest absolute Gasteiger partial charge is 0.321 e. The molecule has 4 rings (SSSR count). The number of aryl methyl sites for hydroxylation is 1. The molecule has 0 atom stereocenters. The number of thiophene rings is 1. The minimum absolute atomic E-state index is 0.0838. The van der Waals surface area contributed by atoms with E-state index in [1.165, 1.54) is 22.7 Å². The van der Waals surface area contributed by atoms with Gasteiger partial charge in [0.1, 0.15) is 5.69 Å². The van der Waals surface area contributed by atoms with Crippen molar-refractivity contribution >= 4 is 45.0 Å². The Morgan fingerprint density at radius 3 is 2.60 bits per heavy atom. The van der Waals surface area contributed by atoms with Gasteiger partial charge in [0.15, 0.2) is 4.96 Å². The Balaban J connectivity index is 1.57. The van der Waals surface area contributed by atoms with Crippen LogP contribution in [0, 0.1) is 6.92 Å². The van der Waals surface area contributed by atoms with Crippen molar-refractivity contribution in [1.82, 2.24) is 9.38 Å². The lowest BCUT2D eigenvalue weighted by Gasteiger charge is -2.05. The predicted octanol–water partition coefficient (Wildman–Crippen LogP) is 4.25. The molecule has 3 aromatic heterocycles. The van der Waals surface area contributed by atoms with Crippen molar-refractivity contribution in [2.24, 2.45) is 0 Å². The van der Waals surface area contributed by atoms with Gasteiger partial charge in [-0.15, -0.1) is 22.7 Å². The molecule has 1 amide bonds. The number of imidazole rings is 1. The van der Waals surface area contributed by atoms with Crippen LogP contribution in [-0.2, 0) is 0 Å². The standard InChI is InChI=1S/C18H13N3O2S2/c1-11-15(21-8-10-25-18(21)19-11)16(22)12-4-6-13(7-5-12)20-17(23)14-3-2-9-24-14/h2-10H,1H3,(H,20,23). The summed E-state index contributed by atoms with van der Waals surface area (Å²) in [4.78, 5) is 30.7. The molecule has 7 heteroatoms. The maximum atomic E-state index is 12.8. The van der Waals surface area contributed by atoms with Crippen LogP contribution in [0.1, 0.15) is 31.4 Å². The van der Waals surface area contributed by atoms with E-state index in [-0.39, 0.29) is 11.7 Å². The van der Waals surface area contributed by atoms with Crippen LogP contribution >= 0.6 is 22.7 Å². The van der Waals surface area contributed by atoms with Crippen LogP contribution in [0.25, 0.3) is 4.96 Å². The Kier molecular flexibility index (Phi) is 3.95. The van der Waals surface area contributed by atoms with E-state index >= 15 is 0 Å². The Labute approximate surface area is 151 Å². The van der Waals surface area contributed by atoms with E-state index in [0.29, 0.717) is 27.5 Å². The Morgan fingerprint density at radius 2 is 1.88 bits per heavy atom. The lowest BCUT2D eigenvalue weighted by molar-refractivity contribution is 0.102. The molecule has 0 aliphatic carbocycles.